The number of nitrogen functional groups attached to an aromatic ring is 2. The molecule has 3 aromatic rings. The summed E-state index contributed by atoms with van der Waals surface area (Å²) in [5.41, 5.74) is 12.8. The third-order valence-corrected chi connectivity index (χ3v) is 3.26. The van der Waals surface area contributed by atoms with Crippen molar-refractivity contribution in [2.45, 2.75) is 0 Å². The molecule has 3 rings (SSSR count). The molecule has 3 aromatic carbocycles. The first-order valence-electron chi connectivity index (χ1n) is 6.50. The second kappa shape index (κ2) is 5.17. The molecule has 4 nitrogen and oxygen atoms in total. The van der Waals surface area contributed by atoms with Crippen LogP contribution in [-0.2, 0) is 0 Å². The summed E-state index contributed by atoms with van der Waals surface area (Å²) in [6.45, 7) is 0. The fraction of sp³-hybridized carbons (Fsp3) is 0. The van der Waals surface area contributed by atoms with Gasteiger partial charge >= 0.3 is 5.97 Å². The molecule has 0 heterocycles. The predicted molar refractivity (Wildman–Crippen MR) is 84.2 cm³/mol. The number of rotatable bonds is 2. The van der Waals surface area contributed by atoms with E-state index >= 15 is 0 Å². The lowest BCUT2D eigenvalue weighted by Gasteiger charge is -2.09. The van der Waals surface area contributed by atoms with E-state index in [0.29, 0.717) is 22.7 Å². The number of para-hydroxylation sites is 2. The van der Waals surface area contributed by atoms with Crippen molar-refractivity contribution in [1.82, 2.24) is 0 Å². The summed E-state index contributed by atoms with van der Waals surface area (Å²) in [6.07, 6.45) is 0. The molecular weight excluding hydrogens is 264 g/mol. The molecule has 0 fully saturated rings. The van der Waals surface area contributed by atoms with Gasteiger partial charge in [-0.3, -0.25) is 0 Å². The van der Waals surface area contributed by atoms with Crippen LogP contribution in [0.2, 0.25) is 0 Å². The van der Waals surface area contributed by atoms with Crippen molar-refractivity contribution < 1.29 is 9.53 Å². The number of hydrogen-bond donors (Lipinski definition) is 2. The second-order valence-electron chi connectivity index (χ2n) is 4.71. The average molecular weight is 278 g/mol. The van der Waals surface area contributed by atoms with Gasteiger partial charge in [0.15, 0.2) is 5.75 Å². The fourth-order valence-electron chi connectivity index (χ4n) is 2.16. The number of benzene rings is 3. The number of nitrogens with two attached hydrogens (primary N) is 2. The minimum atomic E-state index is -0.517. The van der Waals surface area contributed by atoms with Gasteiger partial charge in [0, 0.05) is 5.69 Å². The molecular formula is C17H14N2O2. The smallest absolute Gasteiger partial charge is 0.345 e. The maximum absolute atomic E-state index is 12.3. The van der Waals surface area contributed by atoms with Gasteiger partial charge in [0.25, 0.3) is 0 Å². The molecule has 0 aliphatic heterocycles. The van der Waals surface area contributed by atoms with Gasteiger partial charge in [-0.05, 0) is 35.0 Å². The zero-order valence-corrected chi connectivity index (χ0v) is 11.2. The normalized spacial score (nSPS) is 10.5. The molecule has 0 aliphatic rings. The average Bonchev–Trinajstić information content (AvgIpc) is 2.49. The van der Waals surface area contributed by atoms with Crippen LogP contribution >= 0.6 is 0 Å². The maximum atomic E-state index is 12.3. The fourth-order valence-corrected chi connectivity index (χ4v) is 2.16. The van der Waals surface area contributed by atoms with Crippen LogP contribution in [0.5, 0.6) is 5.75 Å². The summed E-state index contributed by atoms with van der Waals surface area (Å²) in [4.78, 5) is 12.3. The minimum absolute atomic E-state index is 0.329. The summed E-state index contributed by atoms with van der Waals surface area (Å²) < 4.78 is 5.32. The molecule has 0 spiro atoms. The summed E-state index contributed by atoms with van der Waals surface area (Å²) in [6, 6.07) is 18.0. The number of carbonyl (C=O) groups excluding carboxylic acids is 1. The highest BCUT2D eigenvalue weighted by atomic mass is 16.5. The van der Waals surface area contributed by atoms with E-state index in [0.717, 1.165) is 10.8 Å². The van der Waals surface area contributed by atoms with Crippen LogP contribution < -0.4 is 16.2 Å². The number of fused-ring (bicyclic) bond motifs is 1. The molecule has 0 unspecified atom stereocenters. The number of esters is 1. The molecule has 4 N–H and O–H groups in total. The molecule has 0 saturated carbocycles. The Balaban J connectivity index is 1.98. The topological polar surface area (TPSA) is 78.3 Å². The van der Waals surface area contributed by atoms with Crippen LogP contribution in [0.15, 0.2) is 60.7 Å². The molecule has 104 valence electrons. The van der Waals surface area contributed by atoms with Gasteiger partial charge in [0.1, 0.15) is 0 Å². The first-order chi connectivity index (χ1) is 10.1. The summed E-state index contributed by atoms with van der Waals surface area (Å²) >= 11 is 0. The Morgan fingerprint density at radius 3 is 2.14 bits per heavy atom. The van der Waals surface area contributed by atoms with E-state index in [1.54, 1.807) is 36.4 Å². The maximum Gasteiger partial charge on any atom is 0.345 e. The summed E-state index contributed by atoms with van der Waals surface area (Å²) in [5, 5.41) is 1.91. The molecule has 21 heavy (non-hydrogen) atoms. The first-order valence-corrected chi connectivity index (χ1v) is 6.50. The van der Waals surface area contributed by atoms with Crippen molar-refractivity contribution >= 4 is 28.1 Å². The third kappa shape index (κ3) is 2.51. The van der Waals surface area contributed by atoms with E-state index in [1.165, 1.54) is 0 Å². The number of anilines is 2. The molecule has 0 aromatic heterocycles. The van der Waals surface area contributed by atoms with Crippen LogP contribution in [0.4, 0.5) is 11.4 Å². The van der Waals surface area contributed by atoms with Crippen molar-refractivity contribution in [2.24, 2.45) is 0 Å². The van der Waals surface area contributed by atoms with Gasteiger partial charge < -0.3 is 16.2 Å². The summed E-state index contributed by atoms with van der Waals surface area (Å²) in [5.74, 6) is -0.189. The largest absolute Gasteiger partial charge is 0.421 e. The number of ether oxygens (including phenoxy) is 1. The monoisotopic (exact) mass is 278 g/mol. The number of carbonyl (C=O) groups is 1. The molecule has 0 amide bonds. The van der Waals surface area contributed by atoms with E-state index in [4.69, 9.17) is 16.2 Å². The van der Waals surface area contributed by atoms with Crippen molar-refractivity contribution in [2.75, 3.05) is 11.5 Å². The van der Waals surface area contributed by atoms with Crippen molar-refractivity contribution in [3.05, 3.63) is 66.2 Å². The minimum Gasteiger partial charge on any atom is -0.421 e. The molecule has 0 radical (unpaired) electrons. The zero-order valence-electron chi connectivity index (χ0n) is 11.2. The Morgan fingerprint density at radius 1 is 0.810 bits per heavy atom. The van der Waals surface area contributed by atoms with Crippen LogP contribution in [0.1, 0.15) is 10.4 Å². The molecule has 0 saturated heterocycles. The van der Waals surface area contributed by atoms with Gasteiger partial charge in [0.05, 0.1) is 11.3 Å². The van der Waals surface area contributed by atoms with Crippen LogP contribution in [0.3, 0.4) is 0 Å². The lowest BCUT2D eigenvalue weighted by molar-refractivity contribution is 0.0737. The van der Waals surface area contributed by atoms with E-state index in [-0.39, 0.29) is 0 Å². The van der Waals surface area contributed by atoms with Gasteiger partial charge in [-0.2, -0.15) is 0 Å². The van der Waals surface area contributed by atoms with Gasteiger partial charge in [-0.15, -0.1) is 0 Å². The summed E-state index contributed by atoms with van der Waals surface area (Å²) in [7, 11) is 0. The van der Waals surface area contributed by atoms with Crippen molar-refractivity contribution in [3.63, 3.8) is 0 Å². The second-order valence-corrected chi connectivity index (χ2v) is 4.71. The Bertz CT molecular complexity index is 828. The van der Waals surface area contributed by atoms with E-state index < -0.39 is 5.97 Å². The first kappa shape index (κ1) is 13.0. The molecule has 4 heteroatoms. The highest BCUT2D eigenvalue weighted by molar-refractivity contribution is 6.02. The SMILES string of the molecule is Nc1ccccc1OC(=O)c1cc2ccccc2cc1N. The Hall–Kier alpha value is -3.01. The van der Waals surface area contributed by atoms with Crippen LogP contribution in [0, 0.1) is 0 Å². The van der Waals surface area contributed by atoms with Gasteiger partial charge in [0.2, 0.25) is 0 Å². The third-order valence-electron chi connectivity index (χ3n) is 3.26. The van der Waals surface area contributed by atoms with Gasteiger partial charge in [-0.1, -0.05) is 36.4 Å². The molecule has 0 aliphatic carbocycles. The van der Waals surface area contributed by atoms with E-state index in [9.17, 15) is 4.79 Å². The highest BCUT2D eigenvalue weighted by Crippen LogP contribution is 2.25. The highest BCUT2D eigenvalue weighted by Gasteiger charge is 2.14. The quantitative estimate of drug-likeness (QED) is 0.428. The van der Waals surface area contributed by atoms with Gasteiger partial charge in [-0.25, -0.2) is 4.79 Å². The Morgan fingerprint density at radius 2 is 1.43 bits per heavy atom. The van der Waals surface area contributed by atoms with E-state index in [2.05, 4.69) is 0 Å². The van der Waals surface area contributed by atoms with Crippen molar-refractivity contribution in [3.8, 4) is 5.75 Å². The molecule has 0 bridgehead atoms. The molecule has 0 atom stereocenters. The Kier molecular flexibility index (Phi) is 3.20. The van der Waals surface area contributed by atoms with Crippen LogP contribution in [-0.4, -0.2) is 5.97 Å². The lowest BCUT2D eigenvalue weighted by atomic mass is 10.1. The van der Waals surface area contributed by atoms with Crippen LogP contribution in [0.25, 0.3) is 10.8 Å². The number of hydrogen-bond acceptors (Lipinski definition) is 4. The van der Waals surface area contributed by atoms with E-state index in [1.807, 2.05) is 24.3 Å². The Labute approximate surface area is 121 Å². The zero-order chi connectivity index (χ0) is 14.8. The standard InChI is InChI=1S/C17H14N2O2/c18-14-7-3-4-8-16(14)21-17(20)13-9-11-5-1-2-6-12(11)10-15(13)19/h1-10H,18-19H2. The lowest BCUT2D eigenvalue weighted by Crippen LogP contribution is -2.12. The predicted octanol–water partition coefficient (Wildman–Crippen LogP) is 3.22. The van der Waals surface area contributed by atoms with Crippen molar-refractivity contribution in [1.29, 1.82) is 0 Å².